The van der Waals surface area contributed by atoms with Crippen molar-refractivity contribution in [2.45, 2.75) is 25.4 Å². The second kappa shape index (κ2) is 5.91. The highest BCUT2D eigenvalue weighted by Gasteiger charge is 2.31. The number of ether oxygens (including phenoxy) is 2. The molecular formula is C16H18N4O3. The van der Waals surface area contributed by atoms with Gasteiger partial charge in [0.25, 0.3) is 0 Å². The summed E-state index contributed by atoms with van der Waals surface area (Å²) in [4.78, 5) is 18.4. The highest BCUT2D eigenvalue weighted by atomic mass is 16.6. The molecule has 0 saturated carbocycles. The van der Waals surface area contributed by atoms with Gasteiger partial charge in [0, 0.05) is 6.54 Å². The Morgan fingerprint density at radius 3 is 2.96 bits per heavy atom. The van der Waals surface area contributed by atoms with Crippen molar-refractivity contribution in [1.82, 2.24) is 19.7 Å². The van der Waals surface area contributed by atoms with Crippen molar-refractivity contribution in [3.63, 3.8) is 0 Å². The molecular weight excluding hydrogens is 296 g/mol. The number of benzene rings is 1. The average Bonchev–Trinajstić information content (AvgIpc) is 3.25. The molecule has 4 rings (SSSR count). The lowest BCUT2D eigenvalue weighted by atomic mass is 10.0. The molecule has 120 valence electrons. The normalized spacial score (nSPS) is 19.8. The van der Waals surface area contributed by atoms with E-state index in [4.69, 9.17) is 9.47 Å². The van der Waals surface area contributed by atoms with Crippen molar-refractivity contribution in [1.29, 1.82) is 0 Å². The van der Waals surface area contributed by atoms with Crippen LogP contribution in [0.15, 0.2) is 30.9 Å². The van der Waals surface area contributed by atoms with Gasteiger partial charge in [0.1, 0.15) is 32.4 Å². The third kappa shape index (κ3) is 2.74. The molecule has 1 aromatic carbocycles. The van der Waals surface area contributed by atoms with Crippen molar-refractivity contribution in [2.24, 2.45) is 0 Å². The maximum absolute atomic E-state index is 12.6. The van der Waals surface area contributed by atoms with E-state index in [-0.39, 0.29) is 18.5 Å². The van der Waals surface area contributed by atoms with Crippen LogP contribution in [0.5, 0.6) is 11.5 Å². The van der Waals surface area contributed by atoms with Gasteiger partial charge in [0.2, 0.25) is 5.91 Å². The number of rotatable bonds is 3. The minimum atomic E-state index is 0.0629. The molecule has 23 heavy (non-hydrogen) atoms. The molecule has 0 aliphatic carbocycles. The molecule has 0 radical (unpaired) electrons. The van der Waals surface area contributed by atoms with Crippen LogP contribution in [-0.2, 0) is 11.3 Å². The molecule has 1 aromatic heterocycles. The predicted octanol–water partition coefficient (Wildman–Crippen LogP) is 1.41. The number of likely N-dealkylation sites (tertiary alicyclic amines) is 1. The first-order chi connectivity index (χ1) is 11.3. The molecule has 0 unspecified atom stereocenters. The summed E-state index contributed by atoms with van der Waals surface area (Å²) in [6.07, 6.45) is 4.97. The van der Waals surface area contributed by atoms with Crippen LogP contribution in [0.25, 0.3) is 0 Å². The summed E-state index contributed by atoms with van der Waals surface area (Å²) >= 11 is 0. The molecule has 3 heterocycles. The van der Waals surface area contributed by atoms with E-state index in [2.05, 4.69) is 10.1 Å². The Morgan fingerprint density at radius 1 is 1.26 bits per heavy atom. The van der Waals surface area contributed by atoms with Gasteiger partial charge in [-0.2, -0.15) is 5.10 Å². The van der Waals surface area contributed by atoms with E-state index in [9.17, 15) is 4.79 Å². The number of hydrogen-bond donors (Lipinski definition) is 0. The molecule has 0 spiro atoms. The lowest BCUT2D eigenvalue weighted by Gasteiger charge is -2.26. The number of amides is 1. The molecule has 2 aromatic rings. The van der Waals surface area contributed by atoms with Gasteiger partial charge in [-0.1, -0.05) is 6.07 Å². The SMILES string of the molecule is O=C(Cn1cncn1)N1CCC[C@H]1c1ccc2c(c1)OCCO2. The van der Waals surface area contributed by atoms with Crippen LogP contribution in [0.4, 0.5) is 0 Å². The first-order valence-corrected chi connectivity index (χ1v) is 7.83. The van der Waals surface area contributed by atoms with Crippen LogP contribution in [0.2, 0.25) is 0 Å². The molecule has 7 nitrogen and oxygen atoms in total. The van der Waals surface area contributed by atoms with Crippen molar-refractivity contribution in [3.05, 3.63) is 36.4 Å². The van der Waals surface area contributed by atoms with E-state index in [1.807, 2.05) is 23.1 Å². The lowest BCUT2D eigenvalue weighted by Crippen LogP contribution is -2.33. The summed E-state index contributed by atoms with van der Waals surface area (Å²) in [6, 6.07) is 6.05. The fraction of sp³-hybridized carbons (Fsp3) is 0.438. The van der Waals surface area contributed by atoms with Gasteiger partial charge in [-0.15, -0.1) is 0 Å². The number of nitrogens with zero attached hydrogens (tertiary/aromatic N) is 4. The summed E-state index contributed by atoms with van der Waals surface area (Å²) in [6.45, 7) is 2.14. The fourth-order valence-electron chi connectivity index (χ4n) is 3.22. The summed E-state index contributed by atoms with van der Waals surface area (Å²) in [5.41, 5.74) is 1.10. The molecule has 2 aliphatic rings. The van der Waals surface area contributed by atoms with E-state index in [1.165, 1.54) is 6.33 Å². The van der Waals surface area contributed by atoms with Gasteiger partial charge in [-0.3, -0.25) is 4.79 Å². The van der Waals surface area contributed by atoms with E-state index in [1.54, 1.807) is 11.0 Å². The first-order valence-electron chi connectivity index (χ1n) is 7.83. The molecule has 7 heteroatoms. The van der Waals surface area contributed by atoms with Crippen LogP contribution in [0, 0.1) is 0 Å². The Morgan fingerprint density at radius 2 is 2.13 bits per heavy atom. The number of hydrogen-bond acceptors (Lipinski definition) is 5. The monoisotopic (exact) mass is 314 g/mol. The Balaban J connectivity index is 1.54. The van der Waals surface area contributed by atoms with E-state index < -0.39 is 0 Å². The van der Waals surface area contributed by atoms with Gasteiger partial charge in [-0.05, 0) is 30.5 Å². The van der Waals surface area contributed by atoms with Crippen LogP contribution >= 0.6 is 0 Å². The second-order valence-corrected chi connectivity index (χ2v) is 5.74. The molecule has 1 fully saturated rings. The summed E-state index contributed by atoms with van der Waals surface area (Å²) < 4.78 is 12.8. The minimum absolute atomic E-state index is 0.0629. The first kappa shape index (κ1) is 14.0. The van der Waals surface area contributed by atoms with Gasteiger partial charge in [-0.25, -0.2) is 9.67 Å². The van der Waals surface area contributed by atoms with Crippen LogP contribution in [0.3, 0.4) is 0 Å². The van der Waals surface area contributed by atoms with Gasteiger partial charge < -0.3 is 14.4 Å². The second-order valence-electron chi connectivity index (χ2n) is 5.74. The molecule has 2 aliphatic heterocycles. The Kier molecular flexibility index (Phi) is 3.61. The topological polar surface area (TPSA) is 69.5 Å². The fourth-order valence-corrected chi connectivity index (χ4v) is 3.22. The zero-order chi connectivity index (χ0) is 15.6. The third-order valence-corrected chi connectivity index (χ3v) is 4.29. The number of aromatic nitrogens is 3. The van der Waals surface area contributed by atoms with E-state index in [0.717, 1.165) is 36.4 Å². The zero-order valence-electron chi connectivity index (χ0n) is 12.7. The van der Waals surface area contributed by atoms with Crippen LogP contribution in [0.1, 0.15) is 24.4 Å². The number of carbonyl (C=O) groups excluding carboxylic acids is 1. The average molecular weight is 314 g/mol. The minimum Gasteiger partial charge on any atom is -0.486 e. The number of fused-ring (bicyclic) bond motifs is 1. The van der Waals surface area contributed by atoms with Crippen molar-refractivity contribution >= 4 is 5.91 Å². The van der Waals surface area contributed by atoms with Crippen LogP contribution < -0.4 is 9.47 Å². The van der Waals surface area contributed by atoms with Gasteiger partial charge >= 0.3 is 0 Å². The highest BCUT2D eigenvalue weighted by molar-refractivity contribution is 5.76. The van der Waals surface area contributed by atoms with Crippen LogP contribution in [-0.4, -0.2) is 45.3 Å². The largest absolute Gasteiger partial charge is 0.486 e. The van der Waals surface area contributed by atoms with Crippen molar-refractivity contribution < 1.29 is 14.3 Å². The maximum atomic E-state index is 12.6. The zero-order valence-corrected chi connectivity index (χ0v) is 12.7. The Labute approximate surface area is 133 Å². The quantitative estimate of drug-likeness (QED) is 0.857. The summed E-state index contributed by atoms with van der Waals surface area (Å²) in [7, 11) is 0. The van der Waals surface area contributed by atoms with E-state index >= 15 is 0 Å². The Hall–Kier alpha value is -2.57. The van der Waals surface area contributed by atoms with Gasteiger partial charge in [0.05, 0.1) is 6.04 Å². The molecule has 0 N–H and O–H groups in total. The standard InChI is InChI=1S/C16H18N4O3/c21-16(9-19-11-17-10-18-19)20-5-1-2-13(20)12-3-4-14-15(8-12)23-7-6-22-14/h3-4,8,10-11,13H,1-2,5-7,9H2/t13-/m0/s1. The maximum Gasteiger partial charge on any atom is 0.244 e. The smallest absolute Gasteiger partial charge is 0.244 e. The predicted molar refractivity (Wildman–Crippen MR) is 81.1 cm³/mol. The lowest BCUT2D eigenvalue weighted by molar-refractivity contribution is -0.133. The molecule has 1 amide bonds. The van der Waals surface area contributed by atoms with Gasteiger partial charge in [0.15, 0.2) is 11.5 Å². The Bertz CT molecular complexity index is 701. The number of carbonyl (C=O) groups is 1. The molecule has 1 saturated heterocycles. The highest BCUT2D eigenvalue weighted by Crippen LogP contribution is 2.38. The van der Waals surface area contributed by atoms with Crippen molar-refractivity contribution in [3.8, 4) is 11.5 Å². The third-order valence-electron chi connectivity index (χ3n) is 4.29. The van der Waals surface area contributed by atoms with E-state index in [0.29, 0.717) is 13.2 Å². The van der Waals surface area contributed by atoms with Crippen molar-refractivity contribution in [2.75, 3.05) is 19.8 Å². The molecule has 1 atom stereocenters. The molecule has 0 bridgehead atoms. The summed E-state index contributed by atoms with van der Waals surface area (Å²) in [5, 5.41) is 4.00. The summed E-state index contributed by atoms with van der Waals surface area (Å²) in [5.74, 6) is 1.61.